The minimum absolute atomic E-state index is 0.389. The smallest absolute Gasteiger partial charge is 0.0736 e. The predicted molar refractivity (Wildman–Crippen MR) is 102 cm³/mol. The molecule has 0 saturated heterocycles. The Bertz CT molecular complexity index is 702. The maximum Gasteiger partial charge on any atom is 0.0736 e. The second kappa shape index (κ2) is 7.60. The van der Waals surface area contributed by atoms with Crippen LogP contribution in [0, 0.1) is 12.8 Å². The molecule has 1 aliphatic carbocycles. The summed E-state index contributed by atoms with van der Waals surface area (Å²) in [6.45, 7) is 7.12. The standard InChI is InChI=1S/C20H29N3OS/c1-15-7-8-19(25-15)13-22-10-17-12-23(9-16-5-3-4-6-16)21-20(17)18(11-22)14-24-2/h7-8,12,16,18H,3-6,9-11,13-14H2,1-2H3. The minimum atomic E-state index is 0.389. The highest BCUT2D eigenvalue weighted by atomic mass is 32.1. The van der Waals surface area contributed by atoms with Gasteiger partial charge in [0.15, 0.2) is 0 Å². The Morgan fingerprint density at radius 2 is 2.12 bits per heavy atom. The van der Waals surface area contributed by atoms with E-state index in [0.29, 0.717) is 5.92 Å². The fourth-order valence-electron chi connectivity index (χ4n) is 4.44. The number of fused-ring (bicyclic) bond motifs is 1. The first-order valence-electron chi connectivity index (χ1n) is 9.54. The highest BCUT2D eigenvalue weighted by Gasteiger charge is 2.29. The lowest BCUT2D eigenvalue weighted by molar-refractivity contribution is 0.135. The van der Waals surface area contributed by atoms with Crippen molar-refractivity contribution in [3.05, 3.63) is 39.3 Å². The van der Waals surface area contributed by atoms with Crippen molar-refractivity contribution in [1.82, 2.24) is 14.7 Å². The molecule has 4 nitrogen and oxygen atoms in total. The van der Waals surface area contributed by atoms with Crippen LogP contribution in [0.5, 0.6) is 0 Å². The van der Waals surface area contributed by atoms with Crippen molar-refractivity contribution >= 4 is 11.3 Å². The normalized spacial score (nSPS) is 21.8. The minimum Gasteiger partial charge on any atom is -0.384 e. The number of aromatic nitrogens is 2. The molecular weight excluding hydrogens is 330 g/mol. The van der Waals surface area contributed by atoms with Crippen LogP contribution < -0.4 is 0 Å². The number of thiophene rings is 1. The van der Waals surface area contributed by atoms with E-state index in [1.54, 1.807) is 7.11 Å². The van der Waals surface area contributed by atoms with Crippen molar-refractivity contribution in [1.29, 1.82) is 0 Å². The van der Waals surface area contributed by atoms with Crippen molar-refractivity contribution in [2.24, 2.45) is 5.92 Å². The third-order valence-electron chi connectivity index (χ3n) is 5.59. The quantitative estimate of drug-likeness (QED) is 0.775. The van der Waals surface area contributed by atoms with Gasteiger partial charge in [-0.3, -0.25) is 9.58 Å². The summed E-state index contributed by atoms with van der Waals surface area (Å²) in [4.78, 5) is 5.40. The van der Waals surface area contributed by atoms with Crippen LogP contribution in [-0.2, 0) is 24.4 Å². The van der Waals surface area contributed by atoms with Gasteiger partial charge in [-0.1, -0.05) is 12.8 Å². The molecule has 25 heavy (non-hydrogen) atoms. The second-order valence-electron chi connectivity index (χ2n) is 7.75. The zero-order valence-corrected chi connectivity index (χ0v) is 16.2. The third-order valence-corrected chi connectivity index (χ3v) is 6.58. The average molecular weight is 360 g/mol. The van der Waals surface area contributed by atoms with Gasteiger partial charge in [0.25, 0.3) is 0 Å². The predicted octanol–water partition coefficient (Wildman–Crippen LogP) is 4.19. The van der Waals surface area contributed by atoms with Crippen LogP contribution in [-0.4, -0.2) is 34.9 Å². The van der Waals surface area contributed by atoms with Crippen molar-refractivity contribution < 1.29 is 4.74 Å². The van der Waals surface area contributed by atoms with Crippen molar-refractivity contribution in [3.63, 3.8) is 0 Å². The van der Waals surface area contributed by atoms with Crippen LogP contribution in [0.3, 0.4) is 0 Å². The van der Waals surface area contributed by atoms with Crippen LogP contribution in [0.4, 0.5) is 0 Å². The molecule has 2 aromatic rings. The molecule has 0 bridgehead atoms. The molecular formula is C20H29N3OS. The Kier molecular flexibility index (Phi) is 5.25. The largest absolute Gasteiger partial charge is 0.384 e. The lowest BCUT2D eigenvalue weighted by Gasteiger charge is -2.31. The number of hydrogen-bond donors (Lipinski definition) is 0. The Hall–Kier alpha value is -1.17. The molecule has 4 rings (SSSR count). The average Bonchev–Trinajstić information content (AvgIpc) is 3.30. The number of methoxy groups -OCH3 is 1. The van der Waals surface area contributed by atoms with Crippen LogP contribution in [0.1, 0.15) is 52.6 Å². The van der Waals surface area contributed by atoms with E-state index < -0.39 is 0 Å². The lowest BCUT2D eigenvalue weighted by atomic mass is 9.97. The molecule has 1 unspecified atom stereocenters. The van der Waals surface area contributed by atoms with Gasteiger partial charge in [-0.2, -0.15) is 5.10 Å². The molecule has 0 N–H and O–H groups in total. The summed E-state index contributed by atoms with van der Waals surface area (Å²) in [7, 11) is 1.80. The monoisotopic (exact) mass is 359 g/mol. The van der Waals surface area contributed by atoms with E-state index in [1.165, 1.54) is 46.7 Å². The summed E-state index contributed by atoms with van der Waals surface area (Å²) in [6.07, 6.45) is 7.84. The van der Waals surface area contributed by atoms with Gasteiger partial charge in [0.05, 0.1) is 12.3 Å². The van der Waals surface area contributed by atoms with Gasteiger partial charge < -0.3 is 4.74 Å². The van der Waals surface area contributed by atoms with Gasteiger partial charge in [-0.05, 0) is 37.8 Å². The van der Waals surface area contributed by atoms with Crippen molar-refractivity contribution in [3.8, 4) is 0 Å². The van der Waals surface area contributed by atoms with Gasteiger partial charge in [0.2, 0.25) is 0 Å². The lowest BCUT2D eigenvalue weighted by Crippen LogP contribution is -2.34. The molecule has 1 atom stereocenters. The molecule has 5 heteroatoms. The Labute approximate surface area is 154 Å². The number of aryl methyl sites for hydroxylation is 1. The molecule has 0 radical (unpaired) electrons. The first kappa shape index (κ1) is 17.3. The fraction of sp³-hybridized carbons (Fsp3) is 0.650. The van der Waals surface area contributed by atoms with E-state index in [-0.39, 0.29) is 0 Å². The summed E-state index contributed by atoms with van der Waals surface area (Å²) in [5.74, 6) is 1.21. The van der Waals surface area contributed by atoms with Crippen LogP contribution in [0.15, 0.2) is 18.3 Å². The molecule has 3 heterocycles. The molecule has 1 aliphatic heterocycles. The number of hydrogen-bond acceptors (Lipinski definition) is 4. The maximum absolute atomic E-state index is 5.51. The Morgan fingerprint density at radius 3 is 2.84 bits per heavy atom. The van der Waals surface area contributed by atoms with Gasteiger partial charge >= 0.3 is 0 Å². The Balaban J connectivity index is 1.50. The van der Waals surface area contributed by atoms with Gasteiger partial charge in [0.1, 0.15) is 0 Å². The van der Waals surface area contributed by atoms with E-state index >= 15 is 0 Å². The van der Waals surface area contributed by atoms with Gasteiger partial charge in [-0.25, -0.2) is 0 Å². The van der Waals surface area contributed by atoms with E-state index in [1.807, 2.05) is 11.3 Å². The van der Waals surface area contributed by atoms with Crippen LogP contribution in [0.2, 0.25) is 0 Å². The maximum atomic E-state index is 5.51. The summed E-state index contributed by atoms with van der Waals surface area (Å²) in [5, 5.41) is 4.97. The number of nitrogens with zero attached hydrogens (tertiary/aromatic N) is 3. The topological polar surface area (TPSA) is 30.3 Å². The molecule has 136 valence electrons. The van der Waals surface area contributed by atoms with E-state index in [0.717, 1.165) is 38.7 Å². The first-order valence-corrected chi connectivity index (χ1v) is 10.4. The van der Waals surface area contributed by atoms with Gasteiger partial charge in [-0.15, -0.1) is 11.3 Å². The molecule has 0 aromatic carbocycles. The Morgan fingerprint density at radius 1 is 1.28 bits per heavy atom. The second-order valence-corrected chi connectivity index (χ2v) is 9.12. The summed E-state index contributed by atoms with van der Waals surface area (Å²) in [5.41, 5.74) is 2.68. The SMILES string of the molecule is COCC1CN(Cc2ccc(C)s2)Cc2cn(CC3CCCC3)nc21. The van der Waals surface area contributed by atoms with Crippen LogP contribution >= 0.6 is 11.3 Å². The summed E-state index contributed by atoms with van der Waals surface area (Å²) in [6, 6.07) is 4.49. The first-order chi connectivity index (χ1) is 12.2. The number of rotatable bonds is 6. The van der Waals surface area contributed by atoms with Crippen LogP contribution in [0.25, 0.3) is 0 Å². The van der Waals surface area contributed by atoms with Crippen molar-refractivity contribution in [2.45, 2.75) is 58.2 Å². The number of ether oxygens (including phenoxy) is 1. The third kappa shape index (κ3) is 3.99. The highest BCUT2D eigenvalue weighted by molar-refractivity contribution is 7.11. The van der Waals surface area contributed by atoms with E-state index in [2.05, 4.69) is 34.8 Å². The fourth-order valence-corrected chi connectivity index (χ4v) is 5.37. The molecule has 2 aliphatic rings. The summed E-state index contributed by atoms with van der Waals surface area (Å²) < 4.78 is 7.73. The molecule has 2 aromatic heterocycles. The molecule has 1 fully saturated rings. The molecule has 0 spiro atoms. The van der Waals surface area contributed by atoms with E-state index in [4.69, 9.17) is 9.84 Å². The zero-order valence-electron chi connectivity index (χ0n) is 15.4. The highest BCUT2D eigenvalue weighted by Crippen LogP contribution is 2.31. The van der Waals surface area contributed by atoms with Crippen molar-refractivity contribution in [2.75, 3.05) is 20.3 Å². The van der Waals surface area contributed by atoms with Gasteiger partial charge in [0, 0.05) is 60.7 Å². The molecule has 0 amide bonds. The van der Waals surface area contributed by atoms with E-state index in [9.17, 15) is 0 Å². The molecule has 1 saturated carbocycles. The zero-order chi connectivity index (χ0) is 17.2. The summed E-state index contributed by atoms with van der Waals surface area (Å²) >= 11 is 1.91.